The number of rotatable bonds is 3. The first-order valence-electron chi connectivity index (χ1n) is 6.35. The number of hydrogen-bond acceptors (Lipinski definition) is 4. The molecule has 3 aliphatic heterocycles. The summed E-state index contributed by atoms with van der Waals surface area (Å²) in [4.78, 5) is 26.7. The van der Waals surface area contributed by atoms with Crippen LogP contribution in [-0.2, 0) is 4.79 Å². The molecule has 0 radical (unpaired) electrons. The van der Waals surface area contributed by atoms with Gasteiger partial charge in [-0.15, -0.1) is 11.3 Å². The number of thiophene rings is 1. The normalized spacial score (nSPS) is 30.1. The first-order chi connectivity index (χ1) is 8.74. The maximum atomic E-state index is 11.9. The molecule has 3 saturated heterocycles. The fourth-order valence-electron chi connectivity index (χ4n) is 2.88. The van der Waals surface area contributed by atoms with Gasteiger partial charge in [0.05, 0.1) is 4.88 Å². The van der Waals surface area contributed by atoms with E-state index in [2.05, 4.69) is 10.2 Å². The van der Waals surface area contributed by atoms with Crippen molar-refractivity contribution < 1.29 is 9.59 Å². The molecule has 4 rings (SSSR count). The molecule has 0 aromatic carbocycles. The summed E-state index contributed by atoms with van der Waals surface area (Å²) in [6.07, 6.45) is 2.27. The van der Waals surface area contributed by atoms with E-state index in [1.165, 1.54) is 11.3 Å². The number of nitrogens with one attached hydrogen (secondary N) is 1. The average Bonchev–Trinajstić information content (AvgIpc) is 2.93. The summed E-state index contributed by atoms with van der Waals surface area (Å²) in [5.41, 5.74) is 0. The zero-order valence-electron chi connectivity index (χ0n) is 10.1. The zero-order valence-corrected chi connectivity index (χ0v) is 10.9. The third-order valence-electron chi connectivity index (χ3n) is 3.92. The summed E-state index contributed by atoms with van der Waals surface area (Å²) < 4.78 is 0. The Morgan fingerprint density at radius 3 is 2.67 bits per heavy atom. The summed E-state index contributed by atoms with van der Waals surface area (Å²) in [6.45, 7) is 3.17. The summed E-state index contributed by atoms with van der Waals surface area (Å²) in [5, 5.41) is 4.73. The van der Waals surface area contributed by atoms with Crippen LogP contribution in [0.25, 0.3) is 0 Å². The summed E-state index contributed by atoms with van der Waals surface area (Å²) in [6, 6.07) is 3.65. The third kappa shape index (κ3) is 2.20. The highest BCUT2D eigenvalue weighted by molar-refractivity contribution is 7.13. The van der Waals surface area contributed by atoms with E-state index in [1.54, 1.807) is 12.1 Å². The molecule has 5 heteroatoms. The van der Waals surface area contributed by atoms with Crippen LogP contribution in [-0.4, -0.2) is 42.3 Å². The number of Topliss-reactive ketones (excluding diaryl/α,β-unsaturated/α-hetero) is 1. The second kappa shape index (κ2) is 4.82. The van der Waals surface area contributed by atoms with Crippen molar-refractivity contribution in [1.82, 2.24) is 10.2 Å². The van der Waals surface area contributed by atoms with E-state index in [9.17, 15) is 9.59 Å². The van der Waals surface area contributed by atoms with E-state index < -0.39 is 11.7 Å². The highest BCUT2D eigenvalue weighted by Crippen LogP contribution is 2.27. The predicted octanol–water partition coefficient (Wildman–Crippen LogP) is 1.14. The van der Waals surface area contributed by atoms with Crippen molar-refractivity contribution in [3.63, 3.8) is 0 Å². The number of ketones is 1. The van der Waals surface area contributed by atoms with Crippen LogP contribution in [0.1, 0.15) is 22.5 Å². The number of carbonyl (C=O) groups is 2. The van der Waals surface area contributed by atoms with Gasteiger partial charge in [-0.2, -0.15) is 0 Å². The molecule has 1 amide bonds. The minimum Gasteiger partial charge on any atom is -0.345 e. The van der Waals surface area contributed by atoms with Gasteiger partial charge in [-0.25, -0.2) is 0 Å². The number of fused-ring (bicyclic) bond motifs is 3. The van der Waals surface area contributed by atoms with Gasteiger partial charge < -0.3 is 10.2 Å². The molecular weight excluding hydrogens is 248 g/mol. The molecule has 0 saturated carbocycles. The molecule has 3 aliphatic rings. The van der Waals surface area contributed by atoms with E-state index in [0.717, 1.165) is 32.5 Å². The minimum atomic E-state index is -0.448. The first kappa shape index (κ1) is 11.9. The van der Waals surface area contributed by atoms with Crippen molar-refractivity contribution in [2.75, 3.05) is 19.6 Å². The highest BCUT2D eigenvalue weighted by atomic mass is 32.1. The van der Waals surface area contributed by atoms with E-state index in [-0.39, 0.29) is 6.04 Å². The summed E-state index contributed by atoms with van der Waals surface area (Å²) in [7, 11) is 0. The molecule has 4 heterocycles. The van der Waals surface area contributed by atoms with Gasteiger partial charge in [-0.1, -0.05) is 6.07 Å². The van der Waals surface area contributed by atoms with Gasteiger partial charge in [-0.05, 0) is 43.3 Å². The summed E-state index contributed by atoms with van der Waals surface area (Å²) in [5.74, 6) is -0.298. The van der Waals surface area contributed by atoms with Crippen LogP contribution in [0.15, 0.2) is 17.5 Å². The Morgan fingerprint density at radius 1 is 1.33 bits per heavy atom. The van der Waals surface area contributed by atoms with Gasteiger partial charge in [0.15, 0.2) is 0 Å². The molecule has 1 aromatic heterocycles. The first-order valence-corrected chi connectivity index (χ1v) is 7.23. The Kier molecular flexibility index (Phi) is 3.18. The molecule has 0 spiro atoms. The lowest BCUT2D eigenvalue weighted by molar-refractivity contribution is -0.119. The van der Waals surface area contributed by atoms with Crippen molar-refractivity contribution in [2.45, 2.75) is 18.9 Å². The van der Waals surface area contributed by atoms with E-state index in [1.807, 2.05) is 5.38 Å². The van der Waals surface area contributed by atoms with E-state index in [4.69, 9.17) is 0 Å². The van der Waals surface area contributed by atoms with Crippen LogP contribution in [0.4, 0.5) is 0 Å². The van der Waals surface area contributed by atoms with Gasteiger partial charge in [0.25, 0.3) is 11.7 Å². The van der Waals surface area contributed by atoms with Crippen LogP contribution in [0.2, 0.25) is 0 Å². The molecule has 0 aliphatic carbocycles. The van der Waals surface area contributed by atoms with Gasteiger partial charge in [0, 0.05) is 12.6 Å². The maximum absolute atomic E-state index is 11.9. The van der Waals surface area contributed by atoms with Gasteiger partial charge >= 0.3 is 0 Å². The fraction of sp³-hybridized carbons (Fsp3) is 0.538. The van der Waals surface area contributed by atoms with Gasteiger partial charge in [0.2, 0.25) is 0 Å². The monoisotopic (exact) mass is 264 g/mol. The van der Waals surface area contributed by atoms with Crippen LogP contribution < -0.4 is 5.32 Å². The number of nitrogens with zero attached hydrogens (tertiary/aromatic N) is 1. The molecule has 96 valence electrons. The van der Waals surface area contributed by atoms with Crippen molar-refractivity contribution in [3.05, 3.63) is 22.4 Å². The molecule has 18 heavy (non-hydrogen) atoms. The lowest BCUT2D eigenvalue weighted by atomic mass is 9.84. The molecule has 1 aromatic rings. The number of amides is 1. The largest absolute Gasteiger partial charge is 0.345 e. The van der Waals surface area contributed by atoms with Crippen molar-refractivity contribution in [3.8, 4) is 0 Å². The number of hydrogen-bond donors (Lipinski definition) is 1. The Morgan fingerprint density at radius 2 is 2.11 bits per heavy atom. The summed E-state index contributed by atoms with van der Waals surface area (Å²) >= 11 is 1.32. The van der Waals surface area contributed by atoms with Crippen LogP contribution in [0.5, 0.6) is 0 Å². The van der Waals surface area contributed by atoms with Gasteiger partial charge in [-0.3, -0.25) is 9.59 Å². The lowest BCUT2D eigenvalue weighted by Gasteiger charge is -2.44. The molecule has 2 bridgehead atoms. The van der Waals surface area contributed by atoms with Crippen LogP contribution >= 0.6 is 11.3 Å². The SMILES string of the molecule is O=C(NC1CN2CCC1CC2)C(=O)c1cccs1. The van der Waals surface area contributed by atoms with Crippen LogP contribution in [0, 0.1) is 5.92 Å². The van der Waals surface area contributed by atoms with E-state index >= 15 is 0 Å². The predicted molar refractivity (Wildman–Crippen MR) is 69.7 cm³/mol. The Balaban J connectivity index is 1.63. The molecule has 1 unspecified atom stereocenters. The van der Waals surface area contributed by atoms with Crippen molar-refractivity contribution >= 4 is 23.0 Å². The minimum absolute atomic E-state index is 0.156. The number of carbonyl (C=O) groups excluding carboxylic acids is 2. The topological polar surface area (TPSA) is 49.4 Å². The Hall–Kier alpha value is -1.20. The second-order valence-corrected chi connectivity index (χ2v) is 5.97. The van der Waals surface area contributed by atoms with Gasteiger partial charge in [0.1, 0.15) is 0 Å². The number of piperidine rings is 3. The molecule has 4 nitrogen and oxygen atoms in total. The molecule has 1 atom stereocenters. The Bertz CT molecular complexity index is 450. The zero-order chi connectivity index (χ0) is 12.5. The smallest absolute Gasteiger partial charge is 0.293 e. The Labute approximate surface area is 110 Å². The van der Waals surface area contributed by atoms with E-state index in [0.29, 0.717) is 10.8 Å². The molecular formula is C13H16N2O2S. The van der Waals surface area contributed by atoms with Crippen molar-refractivity contribution in [2.24, 2.45) is 5.92 Å². The second-order valence-electron chi connectivity index (χ2n) is 5.02. The quantitative estimate of drug-likeness (QED) is 0.658. The van der Waals surface area contributed by atoms with Crippen LogP contribution in [0.3, 0.4) is 0 Å². The lowest BCUT2D eigenvalue weighted by Crippen LogP contribution is -2.58. The third-order valence-corrected chi connectivity index (χ3v) is 4.79. The average molecular weight is 264 g/mol. The molecule has 3 fully saturated rings. The standard InChI is InChI=1S/C13H16N2O2S/c16-12(11-2-1-7-18-11)13(17)14-10-8-15-5-3-9(10)4-6-15/h1-2,7,9-10H,3-6,8H2,(H,14,17). The maximum Gasteiger partial charge on any atom is 0.293 e. The highest BCUT2D eigenvalue weighted by Gasteiger charge is 2.35. The fourth-order valence-corrected chi connectivity index (χ4v) is 3.54. The molecule has 1 N–H and O–H groups in total. The van der Waals surface area contributed by atoms with Crippen molar-refractivity contribution in [1.29, 1.82) is 0 Å².